The summed E-state index contributed by atoms with van der Waals surface area (Å²) in [6.07, 6.45) is -1.58. The Morgan fingerprint density at radius 2 is 1.81 bits per heavy atom. The lowest BCUT2D eigenvalue weighted by Gasteiger charge is -2.19. The number of hydrogen-bond donors (Lipinski definition) is 3. The van der Waals surface area contributed by atoms with Crippen molar-refractivity contribution in [1.29, 1.82) is 0 Å². The van der Waals surface area contributed by atoms with Gasteiger partial charge >= 0.3 is 0 Å². The van der Waals surface area contributed by atoms with Gasteiger partial charge in [0.25, 0.3) is 0 Å². The van der Waals surface area contributed by atoms with Crippen LogP contribution in [-0.4, -0.2) is 44.9 Å². The molecule has 6 nitrogen and oxygen atoms in total. The molecule has 0 radical (unpaired) electrons. The summed E-state index contributed by atoms with van der Waals surface area (Å²) in [4.78, 5) is 0.154. The largest absolute Gasteiger partial charge is 0.389 e. The van der Waals surface area contributed by atoms with Crippen molar-refractivity contribution >= 4 is 10.0 Å². The summed E-state index contributed by atoms with van der Waals surface area (Å²) in [5.74, 6) is -0.319. The fraction of sp³-hybridized carbons (Fsp3) is 0.333. The maximum absolute atomic E-state index is 13.6. The van der Waals surface area contributed by atoms with Crippen molar-refractivity contribution in [3.05, 3.63) is 66.0 Å². The van der Waals surface area contributed by atoms with E-state index < -0.39 is 28.3 Å². The Morgan fingerprint density at radius 3 is 2.54 bits per heavy atom. The van der Waals surface area contributed by atoms with Gasteiger partial charge in [0, 0.05) is 18.7 Å². The van der Waals surface area contributed by atoms with Crippen LogP contribution in [0.1, 0.15) is 5.56 Å². The molecule has 0 aromatic heterocycles. The van der Waals surface area contributed by atoms with Crippen LogP contribution in [0.15, 0.2) is 59.5 Å². The number of sulfonamides is 1. The van der Waals surface area contributed by atoms with Gasteiger partial charge in [-0.15, -0.1) is 0 Å². The first kappa shape index (κ1) is 18.9. The maximum atomic E-state index is 13.6. The molecule has 2 aromatic rings. The van der Waals surface area contributed by atoms with Crippen molar-refractivity contribution in [3.63, 3.8) is 0 Å². The molecule has 3 rings (SSSR count). The SMILES string of the molecule is O=S(=O)(NC[C@H]1OC[C@@H](NCc2ccccc2F)[C@@H]1O)c1ccccc1. The molecule has 0 saturated carbocycles. The van der Waals surface area contributed by atoms with E-state index in [1.165, 1.54) is 18.2 Å². The van der Waals surface area contributed by atoms with Crippen LogP contribution in [0.3, 0.4) is 0 Å². The summed E-state index contributed by atoms with van der Waals surface area (Å²) in [6.45, 7) is 0.420. The number of aliphatic hydroxyl groups excluding tert-OH is 1. The topological polar surface area (TPSA) is 87.7 Å². The van der Waals surface area contributed by atoms with Crippen LogP contribution in [0, 0.1) is 5.82 Å². The Hall–Kier alpha value is -1.84. The molecule has 0 aliphatic carbocycles. The monoisotopic (exact) mass is 380 g/mol. The molecule has 2 aromatic carbocycles. The number of nitrogens with one attached hydrogen (secondary N) is 2. The van der Waals surface area contributed by atoms with Gasteiger partial charge in [0.05, 0.1) is 29.8 Å². The Kier molecular flexibility index (Phi) is 6.00. The molecule has 1 aliphatic rings. The Bertz CT molecular complexity index is 832. The number of hydrogen-bond acceptors (Lipinski definition) is 5. The average molecular weight is 380 g/mol. The van der Waals surface area contributed by atoms with Crippen LogP contribution in [0.25, 0.3) is 0 Å². The zero-order chi connectivity index (χ0) is 18.6. The standard InChI is InChI=1S/C18H21FN2O4S/c19-15-9-5-4-6-13(15)10-20-16-12-25-17(18(16)22)11-21-26(23,24)14-7-2-1-3-8-14/h1-9,16-18,20-22H,10-12H2/t16-,17-,18+/m1/s1. The van der Waals surface area contributed by atoms with E-state index in [2.05, 4.69) is 10.0 Å². The summed E-state index contributed by atoms with van der Waals surface area (Å²) in [6, 6.07) is 14.0. The molecule has 0 spiro atoms. The number of aliphatic hydroxyl groups is 1. The van der Waals surface area contributed by atoms with Gasteiger partial charge < -0.3 is 15.2 Å². The molecule has 3 N–H and O–H groups in total. The summed E-state index contributed by atoms with van der Waals surface area (Å²) in [7, 11) is -3.66. The number of halogens is 1. The molecule has 1 fully saturated rings. The number of ether oxygens (including phenoxy) is 1. The Morgan fingerprint density at radius 1 is 1.12 bits per heavy atom. The first-order valence-electron chi connectivity index (χ1n) is 8.28. The van der Waals surface area contributed by atoms with Crippen LogP contribution in [0.4, 0.5) is 4.39 Å². The third kappa shape index (κ3) is 4.46. The predicted octanol–water partition coefficient (Wildman–Crippen LogP) is 1.02. The molecule has 0 unspecified atom stereocenters. The lowest BCUT2D eigenvalue weighted by Crippen LogP contribution is -2.44. The fourth-order valence-electron chi connectivity index (χ4n) is 2.80. The van der Waals surface area contributed by atoms with Gasteiger partial charge in [0.2, 0.25) is 10.0 Å². The van der Waals surface area contributed by atoms with Gasteiger partial charge in [0.1, 0.15) is 5.82 Å². The lowest BCUT2D eigenvalue weighted by atomic mass is 10.1. The smallest absolute Gasteiger partial charge is 0.240 e. The van der Waals surface area contributed by atoms with E-state index in [1.807, 2.05) is 0 Å². The van der Waals surface area contributed by atoms with E-state index in [4.69, 9.17) is 4.74 Å². The van der Waals surface area contributed by atoms with Crippen LogP contribution in [0.2, 0.25) is 0 Å². The Labute approximate surface area is 152 Å². The summed E-state index contributed by atoms with van der Waals surface area (Å²) >= 11 is 0. The first-order valence-corrected chi connectivity index (χ1v) is 9.77. The van der Waals surface area contributed by atoms with Crippen LogP contribution >= 0.6 is 0 Å². The minimum absolute atomic E-state index is 0.0454. The highest BCUT2D eigenvalue weighted by molar-refractivity contribution is 7.89. The first-order chi connectivity index (χ1) is 12.5. The van der Waals surface area contributed by atoms with Gasteiger partial charge in [0.15, 0.2) is 0 Å². The van der Waals surface area contributed by atoms with Gasteiger partial charge in [-0.05, 0) is 18.2 Å². The molecular weight excluding hydrogens is 359 g/mol. The van der Waals surface area contributed by atoms with Gasteiger partial charge in [-0.2, -0.15) is 0 Å². The average Bonchev–Trinajstić information content (AvgIpc) is 3.00. The minimum atomic E-state index is -3.66. The van der Waals surface area contributed by atoms with Gasteiger partial charge in [-0.25, -0.2) is 17.5 Å². The molecule has 1 aliphatic heterocycles. The number of rotatable bonds is 7. The van der Waals surface area contributed by atoms with Crippen molar-refractivity contribution in [3.8, 4) is 0 Å². The number of benzene rings is 2. The van der Waals surface area contributed by atoms with Gasteiger partial charge in [-0.3, -0.25) is 0 Å². The van der Waals surface area contributed by atoms with Crippen LogP contribution in [0.5, 0.6) is 0 Å². The molecule has 0 bridgehead atoms. The second-order valence-electron chi connectivity index (χ2n) is 6.11. The summed E-state index contributed by atoms with van der Waals surface area (Å²) in [5.41, 5.74) is 0.493. The Balaban J connectivity index is 1.53. The van der Waals surface area contributed by atoms with Crippen LogP contribution in [-0.2, 0) is 21.3 Å². The highest BCUT2D eigenvalue weighted by Gasteiger charge is 2.36. The molecule has 1 saturated heterocycles. The molecular formula is C18H21FN2O4S. The minimum Gasteiger partial charge on any atom is -0.389 e. The second kappa shape index (κ2) is 8.24. The summed E-state index contributed by atoms with van der Waals surface area (Å²) in [5, 5.41) is 13.4. The van der Waals surface area contributed by atoms with E-state index in [0.29, 0.717) is 5.56 Å². The fourth-order valence-corrected chi connectivity index (χ4v) is 3.87. The highest BCUT2D eigenvalue weighted by atomic mass is 32.2. The van der Waals surface area contributed by atoms with E-state index in [9.17, 15) is 17.9 Å². The zero-order valence-corrected chi connectivity index (χ0v) is 14.8. The van der Waals surface area contributed by atoms with E-state index in [-0.39, 0.29) is 30.4 Å². The molecule has 3 atom stereocenters. The van der Waals surface area contributed by atoms with E-state index >= 15 is 0 Å². The van der Waals surface area contributed by atoms with Gasteiger partial charge in [-0.1, -0.05) is 36.4 Å². The molecule has 1 heterocycles. The van der Waals surface area contributed by atoms with Crippen molar-refractivity contribution in [1.82, 2.24) is 10.0 Å². The molecule has 140 valence electrons. The quantitative estimate of drug-likeness (QED) is 0.668. The van der Waals surface area contributed by atoms with Crippen LogP contribution < -0.4 is 10.0 Å². The highest BCUT2D eigenvalue weighted by Crippen LogP contribution is 2.16. The molecule has 26 heavy (non-hydrogen) atoms. The van der Waals surface area contributed by atoms with Crippen molar-refractivity contribution in [2.45, 2.75) is 29.7 Å². The van der Waals surface area contributed by atoms with Crippen molar-refractivity contribution in [2.24, 2.45) is 0 Å². The third-order valence-electron chi connectivity index (χ3n) is 4.32. The zero-order valence-electron chi connectivity index (χ0n) is 14.0. The molecule has 0 amide bonds. The van der Waals surface area contributed by atoms with Crippen molar-refractivity contribution in [2.75, 3.05) is 13.2 Å². The predicted molar refractivity (Wildman–Crippen MR) is 94.4 cm³/mol. The third-order valence-corrected chi connectivity index (χ3v) is 5.76. The molecule has 8 heteroatoms. The lowest BCUT2D eigenvalue weighted by molar-refractivity contribution is 0.0443. The maximum Gasteiger partial charge on any atom is 0.240 e. The van der Waals surface area contributed by atoms with E-state index in [0.717, 1.165) is 0 Å². The summed E-state index contributed by atoms with van der Waals surface area (Å²) < 4.78 is 46.0. The second-order valence-corrected chi connectivity index (χ2v) is 7.87. The van der Waals surface area contributed by atoms with E-state index in [1.54, 1.807) is 36.4 Å². The normalized spacial score (nSPS) is 23.2. The van der Waals surface area contributed by atoms with Crippen molar-refractivity contribution < 1.29 is 22.7 Å².